The fraction of sp³-hybridized carbons (Fsp3) is 0.600. The molecule has 0 aliphatic carbocycles. The van der Waals surface area contributed by atoms with Crippen LogP contribution in [-0.2, 0) is 4.74 Å². The summed E-state index contributed by atoms with van der Waals surface area (Å²) in [6.45, 7) is 2.54. The number of ether oxygens (including phenoxy) is 2. The van der Waals surface area contributed by atoms with Gasteiger partial charge in [-0.1, -0.05) is 6.92 Å². The van der Waals surface area contributed by atoms with Gasteiger partial charge in [0.05, 0.1) is 13.2 Å². The summed E-state index contributed by atoms with van der Waals surface area (Å²) in [7, 11) is 0. The van der Waals surface area contributed by atoms with Crippen LogP contribution in [0.15, 0.2) is 0 Å². The molecule has 1 atom stereocenters. The van der Waals surface area contributed by atoms with E-state index >= 15 is 0 Å². The maximum absolute atomic E-state index is 9.15. The lowest BCUT2D eigenvalue weighted by Crippen LogP contribution is -2.14. The van der Waals surface area contributed by atoms with Crippen molar-refractivity contribution in [3.8, 4) is 5.88 Å². The van der Waals surface area contributed by atoms with Crippen LogP contribution >= 0.6 is 0 Å². The number of anilines is 3. The summed E-state index contributed by atoms with van der Waals surface area (Å²) in [5.41, 5.74) is 16.7. The average molecular weight is 257 g/mol. The number of aromatic nitrogens is 2. The molecule has 0 bridgehead atoms. The van der Waals surface area contributed by atoms with E-state index in [0.717, 1.165) is 0 Å². The molecule has 1 aromatic rings. The summed E-state index contributed by atoms with van der Waals surface area (Å²) in [6, 6.07) is 0. The lowest BCUT2D eigenvalue weighted by molar-refractivity contribution is -0.102. The molecular formula is C10H19N5O3. The Morgan fingerprint density at radius 1 is 1.22 bits per heavy atom. The zero-order valence-corrected chi connectivity index (χ0v) is 10.3. The minimum absolute atomic E-state index is 0.00866. The molecule has 0 fully saturated rings. The van der Waals surface area contributed by atoms with E-state index in [9.17, 15) is 0 Å². The smallest absolute Gasteiger partial charge is 0.244 e. The second kappa shape index (κ2) is 6.82. The Bertz CT molecular complexity index is 388. The molecule has 18 heavy (non-hydrogen) atoms. The van der Waals surface area contributed by atoms with Gasteiger partial charge in [0, 0.05) is 6.42 Å². The standard InChI is InChI=1S/C10H19N5O3/c1-2-6(16)17-4-3-5-18-9-7(11)8(12)14-10(13)15-9/h6,16H,2-5,11H2,1H3,(H4,12,13,14,15). The van der Waals surface area contributed by atoms with Crippen molar-refractivity contribution in [1.82, 2.24) is 9.97 Å². The van der Waals surface area contributed by atoms with Crippen LogP contribution in [-0.4, -0.2) is 34.6 Å². The molecule has 8 nitrogen and oxygen atoms in total. The highest BCUT2D eigenvalue weighted by atomic mass is 16.6. The third-order valence-electron chi connectivity index (χ3n) is 2.14. The predicted molar refractivity (Wildman–Crippen MR) is 67.6 cm³/mol. The number of hydrogen-bond donors (Lipinski definition) is 4. The Kier molecular flexibility index (Phi) is 5.40. The van der Waals surface area contributed by atoms with Crippen molar-refractivity contribution < 1.29 is 14.6 Å². The monoisotopic (exact) mass is 257 g/mol. The summed E-state index contributed by atoms with van der Waals surface area (Å²) in [4.78, 5) is 7.53. The molecule has 0 saturated carbocycles. The van der Waals surface area contributed by atoms with Gasteiger partial charge in [0.15, 0.2) is 12.1 Å². The molecule has 1 unspecified atom stereocenters. The fourth-order valence-corrected chi connectivity index (χ4v) is 1.16. The van der Waals surface area contributed by atoms with Crippen molar-refractivity contribution in [2.45, 2.75) is 26.1 Å². The second-order valence-corrected chi connectivity index (χ2v) is 3.62. The number of nitrogen functional groups attached to an aromatic ring is 3. The van der Waals surface area contributed by atoms with Crippen molar-refractivity contribution in [2.75, 3.05) is 30.4 Å². The first-order valence-corrected chi connectivity index (χ1v) is 5.65. The molecule has 102 valence electrons. The molecule has 1 heterocycles. The quantitative estimate of drug-likeness (QED) is 0.386. The molecular weight excluding hydrogens is 238 g/mol. The Labute approximate surface area is 105 Å². The first kappa shape index (κ1) is 14.3. The van der Waals surface area contributed by atoms with Gasteiger partial charge in [-0.25, -0.2) is 0 Å². The van der Waals surface area contributed by atoms with Gasteiger partial charge < -0.3 is 31.8 Å². The lowest BCUT2D eigenvalue weighted by atomic mass is 10.4. The highest BCUT2D eigenvalue weighted by molar-refractivity contribution is 5.65. The van der Waals surface area contributed by atoms with Crippen molar-refractivity contribution >= 4 is 17.5 Å². The zero-order chi connectivity index (χ0) is 13.5. The minimum Gasteiger partial charge on any atom is -0.476 e. The van der Waals surface area contributed by atoms with E-state index in [1.54, 1.807) is 0 Å². The first-order valence-electron chi connectivity index (χ1n) is 5.65. The van der Waals surface area contributed by atoms with E-state index in [1.807, 2.05) is 6.92 Å². The van der Waals surface area contributed by atoms with Crippen LogP contribution in [0.25, 0.3) is 0 Å². The van der Waals surface area contributed by atoms with Gasteiger partial charge in [0.1, 0.15) is 5.69 Å². The second-order valence-electron chi connectivity index (χ2n) is 3.62. The van der Waals surface area contributed by atoms with Gasteiger partial charge in [0.2, 0.25) is 11.8 Å². The molecule has 0 aromatic carbocycles. The number of aliphatic hydroxyl groups is 1. The van der Waals surface area contributed by atoms with Crippen molar-refractivity contribution in [2.24, 2.45) is 0 Å². The van der Waals surface area contributed by atoms with Gasteiger partial charge in [-0.2, -0.15) is 9.97 Å². The van der Waals surface area contributed by atoms with Crippen LogP contribution < -0.4 is 21.9 Å². The van der Waals surface area contributed by atoms with Crippen LogP contribution in [0.5, 0.6) is 5.88 Å². The summed E-state index contributed by atoms with van der Waals surface area (Å²) < 4.78 is 10.4. The normalized spacial score (nSPS) is 12.3. The van der Waals surface area contributed by atoms with E-state index in [2.05, 4.69) is 9.97 Å². The molecule has 1 rings (SSSR count). The van der Waals surface area contributed by atoms with Crippen LogP contribution in [0.1, 0.15) is 19.8 Å². The predicted octanol–water partition coefficient (Wildman–Crippen LogP) is -0.263. The highest BCUT2D eigenvalue weighted by Gasteiger charge is 2.09. The Morgan fingerprint density at radius 3 is 2.61 bits per heavy atom. The SMILES string of the molecule is CCC(O)OCCCOc1nc(N)nc(N)c1N. The van der Waals surface area contributed by atoms with Gasteiger partial charge >= 0.3 is 0 Å². The molecule has 0 saturated heterocycles. The van der Waals surface area contributed by atoms with Gasteiger partial charge in [-0.05, 0) is 6.42 Å². The van der Waals surface area contributed by atoms with E-state index in [0.29, 0.717) is 26.1 Å². The third kappa shape index (κ3) is 4.22. The van der Waals surface area contributed by atoms with Crippen LogP contribution in [0.3, 0.4) is 0 Å². The molecule has 0 spiro atoms. The first-order chi connectivity index (χ1) is 8.54. The van der Waals surface area contributed by atoms with Crippen LogP contribution in [0, 0.1) is 0 Å². The fourth-order valence-electron chi connectivity index (χ4n) is 1.16. The molecule has 8 heteroatoms. The summed E-state index contributed by atoms with van der Waals surface area (Å²) >= 11 is 0. The van der Waals surface area contributed by atoms with Crippen molar-refractivity contribution in [1.29, 1.82) is 0 Å². The minimum atomic E-state index is -0.736. The molecule has 0 aliphatic heterocycles. The zero-order valence-electron chi connectivity index (χ0n) is 10.3. The van der Waals surface area contributed by atoms with Crippen molar-refractivity contribution in [3.05, 3.63) is 0 Å². The lowest BCUT2D eigenvalue weighted by Gasteiger charge is -2.11. The maximum atomic E-state index is 9.15. The van der Waals surface area contributed by atoms with Crippen LogP contribution in [0.4, 0.5) is 17.5 Å². The van der Waals surface area contributed by atoms with Crippen LogP contribution in [0.2, 0.25) is 0 Å². The number of nitrogens with zero attached hydrogens (tertiary/aromatic N) is 2. The third-order valence-corrected chi connectivity index (χ3v) is 2.14. The summed E-state index contributed by atoms with van der Waals surface area (Å²) in [5.74, 6) is 0.264. The van der Waals surface area contributed by atoms with E-state index in [1.165, 1.54) is 0 Å². The van der Waals surface area contributed by atoms with Gasteiger partial charge in [-0.15, -0.1) is 0 Å². The number of aliphatic hydroxyl groups excluding tert-OH is 1. The number of hydrogen-bond acceptors (Lipinski definition) is 8. The number of nitrogens with two attached hydrogens (primary N) is 3. The van der Waals surface area contributed by atoms with Gasteiger partial charge in [-0.3, -0.25) is 0 Å². The molecule has 7 N–H and O–H groups in total. The Hall–Kier alpha value is -1.80. The molecule has 1 aromatic heterocycles. The Balaban J connectivity index is 2.36. The van der Waals surface area contributed by atoms with E-state index in [4.69, 9.17) is 31.8 Å². The maximum Gasteiger partial charge on any atom is 0.244 e. The topological polar surface area (TPSA) is 143 Å². The molecule has 0 amide bonds. The summed E-state index contributed by atoms with van der Waals surface area (Å²) in [5, 5.41) is 9.15. The summed E-state index contributed by atoms with van der Waals surface area (Å²) in [6.07, 6.45) is 0.396. The average Bonchev–Trinajstić information content (AvgIpc) is 2.34. The van der Waals surface area contributed by atoms with E-state index in [-0.39, 0.29) is 23.3 Å². The Morgan fingerprint density at radius 2 is 1.94 bits per heavy atom. The van der Waals surface area contributed by atoms with Gasteiger partial charge in [0.25, 0.3) is 0 Å². The molecule has 0 radical (unpaired) electrons. The number of rotatable bonds is 7. The highest BCUT2D eigenvalue weighted by Crippen LogP contribution is 2.24. The molecule has 0 aliphatic rings. The van der Waals surface area contributed by atoms with E-state index < -0.39 is 6.29 Å². The largest absolute Gasteiger partial charge is 0.476 e. The van der Waals surface area contributed by atoms with Crippen molar-refractivity contribution in [3.63, 3.8) is 0 Å².